The minimum atomic E-state index is -0.848. The Balaban J connectivity index is 1.10. The first-order valence-corrected chi connectivity index (χ1v) is 16.0. The van der Waals surface area contributed by atoms with Crippen molar-refractivity contribution in [3.63, 3.8) is 0 Å². The number of nitrogens with zero attached hydrogens (tertiary/aromatic N) is 4. The molecule has 2 aliphatic rings. The Morgan fingerprint density at radius 3 is 2.47 bits per heavy atom. The van der Waals surface area contributed by atoms with Crippen molar-refractivity contribution in [2.75, 3.05) is 32.7 Å². The molecule has 0 radical (unpaired) electrons. The molecule has 234 valence electrons. The van der Waals surface area contributed by atoms with E-state index in [0.717, 1.165) is 22.4 Å². The molecule has 6 rings (SSSR count). The highest BCUT2D eigenvalue weighted by atomic mass is 32.1. The number of carbonyl (C=O) groups excluding carboxylic acids is 2. The fourth-order valence-electron chi connectivity index (χ4n) is 5.51. The number of ether oxygens (including phenoxy) is 1. The molecule has 0 atom stereocenters. The van der Waals surface area contributed by atoms with Gasteiger partial charge in [0.1, 0.15) is 11.5 Å². The van der Waals surface area contributed by atoms with Crippen LogP contribution in [-0.4, -0.2) is 75.3 Å². The molecule has 1 saturated heterocycles. The van der Waals surface area contributed by atoms with Gasteiger partial charge in [-0.15, -0.1) is 11.3 Å². The number of hydrogen-bond donors (Lipinski definition) is 1. The third-order valence-corrected chi connectivity index (χ3v) is 9.49. The topological polar surface area (TPSA) is 113 Å². The molecule has 1 amide bonds. The largest absolute Gasteiger partial charge is 0.481 e. The van der Waals surface area contributed by atoms with Gasteiger partial charge in [-0.3, -0.25) is 29.3 Å². The standard InChI is InChI=1S/C34H35FN4O5S/c1-34(2,33(42)43)20-38-11-13-39(14-12-38)32(41)23-6-7-26(37-19-23)30-18-27-31(45-30)29(9-10-36-27)44-28-8-5-22(17-25(28)35)16-24(40)15-21-3-4-21/h5-10,17-19,21H,3-4,11-16,20H2,1-2H3,(H,42,43). The minimum Gasteiger partial charge on any atom is -0.481 e. The summed E-state index contributed by atoms with van der Waals surface area (Å²) in [5, 5.41) is 9.41. The summed E-state index contributed by atoms with van der Waals surface area (Å²) in [6.45, 7) is 6.11. The van der Waals surface area contributed by atoms with E-state index in [9.17, 15) is 23.9 Å². The van der Waals surface area contributed by atoms with Crippen molar-refractivity contribution in [2.24, 2.45) is 11.3 Å². The van der Waals surface area contributed by atoms with Crippen LogP contribution in [0.25, 0.3) is 20.8 Å². The van der Waals surface area contributed by atoms with Gasteiger partial charge in [-0.2, -0.15) is 0 Å². The van der Waals surface area contributed by atoms with Crippen LogP contribution in [0.4, 0.5) is 4.39 Å². The summed E-state index contributed by atoms with van der Waals surface area (Å²) >= 11 is 1.41. The van der Waals surface area contributed by atoms with E-state index in [1.165, 1.54) is 17.4 Å². The Morgan fingerprint density at radius 1 is 1.02 bits per heavy atom. The van der Waals surface area contributed by atoms with Crippen molar-refractivity contribution in [3.05, 3.63) is 71.8 Å². The second kappa shape index (κ2) is 12.6. The van der Waals surface area contributed by atoms with E-state index in [-0.39, 0.29) is 23.9 Å². The van der Waals surface area contributed by atoms with Crippen molar-refractivity contribution < 1.29 is 28.6 Å². The number of carboxylic acids is 1. The maximum absolute atomic E-state index is 15.0. The van der Waals surface area contributed by atoms with E-state index in [0.29, 0.717) is 73.1 Å². The number of Topliss-reactive ketones (excluding diaryl/α,β-unsaturated/α-hetero) is 1. The molecule has 1 aromatic carbocycles. The summed E-state index contributed by atoms with van der Waals surface area (Å²) in [5.41, 5.74) is 1.63. The van der Waals surface area contributed by atoms with Crippen molar-refractivity contribution in [2.45, 2.75) is 39.5 Å². The molecule has 9 nitrogen and oxygen atoms in total. The number of fused-ring (bicyclic) bond motifs is 1. The number of carbonyl (C=O) groups is 3. The monoisotopic (exact) mass is 630 g/mol. The molecule has 1 N–H and O–H groups in total. The molecule has 1 aliphatic heterocycles. The Bertz CT molecular complexity index is 1740. The average molecular weight is 631 g/mol. The summed E-state index contributed by atoms with van der Waals surface area (Å²) < 4.78 is 21.7. The zero-order chi connectivity index (χ0) is 31.7. The van der Waals surface area contributed by atoms with Gasteiger partial charge < -0.3 is 14.7 Å². The lowest BCUT2D eigenvalue weighted by atomic mass is 9.93. The molecule has 0 spiro atoms. The summed E-state index contributed by atoms with van der Waals surface area (Å²) in [6, 6.07) is 11.8. The number of carboxylic acid groups (broad SMARTS) is 1. The van der Waals surface area contributed by atoms with Gasteiger partial charge in [-0.1, -0.05) is 6.07 Å². The molecular weight excluding hydrogens is 595 g/mol. The fourth-order valence-corrected chi connectivity index (χ4v) is 6.55. The molecule has 4 aromatic rings. The highest BCUT2D eigenvalue weighted by molar-refractivity contribution is 7.22. The van der Waals surface area contributed by atoms with Crippen molar-refractivity contribution >= 4 is 39.2 Å². The number of ketones is 1. The van der Waals surface area contributed by atoms with E-state index < -0.39 is 17.2 Å². The van der Waals surface area contributed by atoms with Gasteiger partial charge in [0.2, 0.25) is 0 Å². The SMILES string of the molecule is CC(C)(CN1CCN(C(=O)c2ccc(-c3cc4nccc(Oc5ccc(CC(=O)CC6CC6)cc5F)c4s3)nc2)CC1)C(=O)O. The van der Waals surface area contributed by atoms with Crippen molar-refractivity contribution in [3.8, 4) is 22.1 Å². The first-order valence-electron chi connectivity index (χ1n) is 15.1. The van der Waals surface area contributed by atoms with Crippen LogP contribution in [0.15, 0.2) is 54.9 Å². The van der Waals surface area contributed by atoms with Crippen LogP contribution < -0.4 is 4.74 Å². The predicted octanol–water partition coefficient (Wildman–Crippen LogP) is 6.07. The van der Waals surface area contributed by atoms with Crippen molar-refractivity contribution in [1.29, 1.82) is 0 Å². The number of piperazine rings is 1. The van der Waals surface area contributed by atoms with E-state index in [1.54, 1.807) is 61.5 Å². The average Bonchev–Trinajstić information content (AvgIpc) is 3.71. The quantitative estimate of drug-likeness (QED) is 0.213. The lowest BCUT2D eigenvalue weighted by Gasteiger charge is -2.37. The molecule has 1 saturated carbocycles. The molecule has 2 fully saturated rings. The van der Waals surface area contributed by atoms with Crippen LogP contribution in [0.3, 0.4) is 0 Å². The van der Waals surface area contributed by atoms with Gasteiger partial charge in [-0.05, 0) is 68.5 Å². The van der Waals surface area contributed by atoms with Gasteiger partial charge in [0.05, 0.1) is 31.8 Å². The van der Waals surface area contributed by atoms with Crippen LogP contribution in [0.5, 0.6) is 11.5 Å². The van der Waals surface area contributed by atoms with Gasteiger partial charge in [-0.25, -0.2) is 4.39 Å². The highest BCUT2D eigenvalue weighted by Crippen LogP contribution is 2.39. The Labute approximate surface area is 264 Å². The van der Waals surface area contributed by atoms with Crippen LogP contribution in [0.2, 0.25) is 0 Å². The molecule has 0 unspecified atom stereocenters. The van der Waals surface area contributed by atoms with Gasteiger partial charge >= 0.3 is 5.97 Å². The van der Waals surface area contributed by atoms with E-state index in [4.69, 9.17) is 4.74 Å². The summed E-state index contributed by atoms with van der Waals surface area (Å²) in [5.74, 6) is -0.299. The number of rotatable bonds is 11. The maximum Gasteiger partial charge on any atom is 0.310 e. The molecule has 3 aromatic heterocycles. The number of aromatic nitrogens is 2. The number of hydrogen-bond acceptors (Lipinski definition) is 8. The summed E-state index contributed by atoms with van der Waals surface area (Å²) in [7, 11) is 0. The lowest BCUT2D eigenvalue weighted by Crippen LogP contribution is -2.51. The number of halogens is 1. The minimum absolute atomic E-state index is 0.0725. The molecule has 0 bridgehead atoms. The Hall–Kier alpha value is -4.22. The number of thiophene rings is 1. The molecule has 1 aliphatic carbocycles. The van der Waals surface area contributed by atoms with Crippen molar-refractivity contribution in [1.82, 2.24) is 19.8 Å². The highest BCUT2D eigenvalue weighted by Gasteiger charge is 2.32. The number of benzene rings is 1. The third kappa shape index (κ3) is 7.20. The number of pyridine rings is 2. The van der Waals surface area contributed by atoms with Crippen LogP contribution in [-0.2, 0) is 16.0 Å². The lowest BCUT2D eigenvalue weighted by molar-refractivity contribution is -0.148. The zero-order valence-corrected chi connectivity index (χ0v) is 26.1. The van der Waals surface area contributed by atoms with E-state index >= 15 is 0 Å². The zero-order valence-electron chi connectivity index (χ0n) is 25.3. The summed E-state index contributed by atoms with van der Waals surface area (Å²) in [6.07, 6.45) is 6.18. The smallest absolute Gasteiger partial charge is 0.310 e. The van der Waals surface area contributed by atoms with Gasteiger partial charge in [0, 0.05) is 64.0 Å². The van der Waals surface area contributed by atoms with E-state index in [1.807, 2.05) is 6.07 Å². The van der Waals surface area contributed by atoms with Crippen LogP contribution in [0.1, 0.15) is 49.0 Å². The molecule has 45 heavy (non-hydrogen) atoms. The molecule has 4 heterocycles. The molecular formula is C34H35FN4O5S. The Morgan fingerprint density at radius 2 is 1.80 bits per heavy atom. The first-order chi connectivity index (χ1) is 21.6. The normalized spacial score (nSPS) is 15.8. The second-order valence-electron chi connectivity index (χ2n) is 12.6. The first kappa shape index (κ1) is 30.8. The number of amides is 1. The van der Waals surface area contributed by atoms with Crippen LogP contribution >= 0.6 is 11.3 Å². The third-order valence-electron chi connectivity index (χ3n) is 8.33. The predicted molar refractivity (Wildman–Crippen MR) is 169 cm³/mol. The van der Waals surface area contributed by atoms with Gasteiger partial charge in [0.25, 0.3) is 5.91 Å². The fraction of sp³-hybridized carbons (Fsp3) is 0.382. The molecule has 11 heteroatoms. The summed E-state index contributed by atoms with van der Waals surface area (Å²) in [4.78, 5) is 50.5. The van der Waals surface area contributed by atoms with E-state index in [2.05, 4.69) is 14.9 Å². The van der Waals surface area contributed by atoms with Crippen LogP contribution in [0, 0.1) is 17.2 Å². The number of aliphatic carboxylic acids is 1. The second-order valence-corrected chi connectivity index (χ2v) is 13.6. The van der Waals surface area contributed by atoms with Gasteiger partial charge in [0.15, 0.2) is 11.6 Å². The maximum atomic E-state index is 15.0. The Kier molecular flexibility index (Phi) is 8.65.